The van der Waals surface area contributed by atoms with Crippen LogP contribution in [0.3, 0.4) is 0 Å². The van der Waals surface area contributed by atoms with E-state index in [1.54, 1.807) is 17.0 Å². The van der Waals surface area contributed by atoms with Gasteiger partial charge >= 0.3 is 0 Å². The summed E-state index contributed by atoms with van der Waals surface area (Å²) in [5.74, 6) is 0.130. The number of anilines is 1. The lowest BCUT2D eigenvalue weighted by Crippen LogP contribution is -2.50. The van der Waals surface area contributed by atoms with Gasteiger partial charge in [-0.2, -0.15) is 0 Å². The Labute approximate surface area is 143 Å². The molecule has 2 aliphatic rings. The highest BCUT2D eigenvalue weighted by Gasteiger charge is 2.42. The van der Waals surface area contributed by atoms with E-state index >= 15 is 0 Å². The highest BCUT2D eigenvalue weighted by atomic mass is 16.3. The quantitative estimate of drug-likeness (QED) is 0.903. The number of hydrogen-bond acceptors (Lipinski definition) is 3. The normalized spacial score (nSPS) is 24.0. The van der Waals surface area contributed by atoms with Gasteiger partial charge in [-0.25, -0.2) is 0 Å². The van der Waals surface area contributed by atoms with Crippen LogP contribution in [0.15, 0.2) is 24.3 Å². The maximum absolute atomic E-state index is 12.9. The van der Waals surface area contributed by atoms with Crippen molar-refractivity contribution in [3.63, 3.8) is 0 Å². The van der Waals surface area contributed by atoms with Crippen LogP contribution in [0, 0.1) is 0 Å². The summed E-state index contributed by atoms with van der Waals surface area (Å²) in [6.45, 7) is 3.56. The van der Waals surface area contributed by atoms with Gasteiger partial charge in [-0.1, -0.05) is 13.3 Å². The van der Waals surface area contributed by atoms with Crippen LogP contribution in [-0.2, 0) is 4.79 Å². The lowest BCUT2D eigenvalue weighted by Gasteiger charge is -2.37. The molecule has 0 saturated carbocycles. The zero-order valence-electron chi connectivity index (χ0n) is 14.3. The summed E-state index contributed by atoms with van der Waals surface area (Å²) >= 11 is 0. The topological polar surface area (TPSA) is 60.9 Å². The van der Waals surface area contributed by atoms with Crippen molar-refractivity contribution in [2.24, 2.45) is 0 Å². The van der Waals surface area contributed by atoms with Crippen molar-refractivity contribution in [2.45, 2.75) is 51.0 Å². The number of carbonyl (C=O) groups excluding carboxylic acids is 2. The Morgan fingerprint density at radius 2 is 1.96 bits per heavy atom. The molecule has 5 heteroatoms. The van der Waals surface area contributed by atoms with Crippen molar-refractivity contribution in [3.8, 4) is 0 Å². The van der Waals surface area contributed by atoms with Crippen molar-refractivity contribution in [2.75, 3.05) is 24.6 Å². The lowest BCUT2D eigenvalue weighted by molar-refractivity contribution is -0.117. The smallest absolute Gasteiger partial charge is 0.254 e. The molecule has 1 N–H and O–H groups in total. The SMILES string of the molecule is CCC[C@]1(CO)CCCN1C(=O)c1ccc(N2CCCC2=O)cc1. The van der Waals surface area contributed by atoms with Crippen LogP contribution in [-0.4, -0.2) is 47.1 Å². The molecule has 0 spiro atoms. The third-order valence-electron chi connectivity index (χ3n) is 5.35. The van der Waals surface area contributed by atoms with Crippen LogP contribution in [0.2, 0.25) is 0 Å². The average Bonchev–Trinajstić information content (AvgIpc) is 3.21. The van der Waals surface area contributed by atoms with E-state index in [0.29, 0.717) is 18.5 Å². The fraction of sp³-hybridized carbons (Fsp3) is 0.579. The number of aliphatic hydroxyl groups excluding tert-OH is 1. The van der Waals surface area contributed by atoms with Crippen LogP contribution >= 0.6 is 0 Å². The van der Waals surface area contributed by atoms with Crippen LogP contribution in [0.4, 0.5) is 5.69 Å². The molecule has 5 nitrogen and oxygen atoms in total. The second-order valence-electron chi connectivity index (χ2n) is 6.89. The fourth-order valence-corrected chi connectivity index (χ4v) is 4.09. The summed E-state index contributed by atoms with van der Waals surface area (Å²) in [7, 11) is 0. The van der Waals surface area contributed by atoms with Gasteiger partial charge < -0.3 is 14.9 Å². The van der Waals surface area contributed by atoms with Crippen molar-refractivity contribution in [1.82, 2.24) is 4.90 Å². The van der Waals surface area contributed by atoms with E-state index in [9.17, 15) is 14.7 Å². The van der Waals surface area contributed by atoms with Gasteiger partial charge in [0.05, 0.1) is 12.1 Å². The maximum Gasteiger partial charge on any atom is 0.254 e. The van der Waals surface area contributed by atoms with E-state index in [1.807, 2.05) is 17.0 Å². The highest BCUT2D eigenvalue weighted by molar-refractivity contribution is 5.98. The molecule has 1 aromatic rings. The highest BCUT2D eigenvalue weighted by Crippen LogP contribution is 2.34. The van der Waals surface area contributed by atoms with Crippen molar-refractivity contribution in [3.05, 3.63) is 29.8 Å². The first-order chi connectivity index (χ1) is 11.6. The average molecular weight is 330 g/mol. The summed E-state index contributed by atoms with van der Waals surface area (Å²) in [5.41, 5.74) is 1.08. The zero-order valence-corrected chi connectivity index (χ0v) is 14.3. The minimum Gasteiger partial charge on any atom is -0.394 e. The lowest BCUT2D eigenvalue weighted by atomic mass is 9.91. The van der Waals surface area contributed by atoms with Gasteiger partial charge in [-0.05, 0) is 49.9 Å². The molecule has 2 fully saturated rings. The molecule has 2 heterocycles. The first-order valence-corrected chi connectivity index (χ1v) is 8.94. The number of hydrogen-bond donors (Lipinski definition) is 1. The van der Waals surface area contributed by atoms with Gasteiger partial charge in [0.2, 0.25) is 5.91 Å². The van der Waals surface area contributed by atoms with Gasteiger partial charge in [-0.15, -0.1) is 0 Å². The number of nitrogens with zero attached hydrogens (tertiary/aromatic N) is 2. The van der Waals surface area contributed by atoms with Crippen molar-refractivity contribution < 1.29 is 14.7 Å². The molecule has 1 atom stereocenters. The van der Waals surface area contributed by atoms with Gasteiger partial charge in [0.1, 0.15) is 0 Å². The monoisotopic (exact) mass is 330 g/mol. The number of rotatable bonds is 5. The zero-order chi connectivity index (χ0) is 17.2. The summed E-state index contributed by atoms with van der Waals surface area (Å²) < 4.78 is 0. The molecule has 2 saturated heterocycles. The molecular weight excluding hydrogens is 304 g/mol. The Hall–Kier alpha value is -1.88. The molecular formula is C19H26N2O3. The number of amides is 2. The van der Waals surface area contributed by atoms with E-state index in [1.165, 1.54) is 0 Å². The molecule has 3 rings (SSSR count). The third kappa shape index (κ3) is 2.93. The van der Waals surface area contributed by atoms with Crippen molar-refractivity contribution >= 4 is 17.5 Å². The standard InChI is InChI=1S/C19H26N2O3/c1-2-10-19(14-22)11-4-13-21(19)18(24)15-6-8-16(9-7-15)20-12-3-5-17(20)23/h6-9,22H,2-5,10-14H2,1H3/t19-/m1/s1. The molecule has 2 amide bonds. The van der Waals surface area contributed by atoms with Crippen molar-refractivity contribution in [1.29, 1.82) is 0 Å². The number of benzene rings is 1. The second-order valence-corrected chi connectivity index (χ2v) is 6.89. The van der Waals surface area contributed by atoms with E-state index in [4.69, 9.17) is 0 Å². The van der Waals surface area contributed by atoms with Crippen LogP contribution in [0.25, 0.3) is 0 Å². The molecule has 130 valence electrons. The van der Waals surface area contributed by atoms with Crippen LogP contribution in [0.1, 0.15) is 55.8 Å². The Morgan fingerprint density at radius 3 is 2.54 bits per heavy atom. The molecule has 0 bridgehead atoms. The van der Waals surface area contributed by atoms with E-state index in [2.05, 4.69) is 6.92 Å². The van der Waals surface area contributed by atoms with E-state index < -0.39 is 5.54 Å². The summed E-state index contributed by atoms with van der Waals surface area (Å²) in [4.78, 5) is 28.4. The first kappa shape index (κ1) is 17.0. The molecule has 0 radical (unpaired) electrons. The predicted molar refractivity (Wildman–Crippen MR) is 93.0 cm³/mol. The van der Waals surface area contributed by atoms with Gasteiger partial charge in [0, 0.05) is 30.8 Å². The molecule has 0 unspecified atom stereocenters. The number of carbonyl (C=O) groups is 2. The van der Waals surface area contributed by atoms with E-state index in [-0.39, 0.29) is 18.4 Å². The number of likely N-dealkylation sites (tertiary alicyclic amines) is 1. The summed E-state index contributed by atoms with van der Waals surface area (Å²) in [6, 6.07) is 7.31. The maximum atomic E-state index is 12.9. The number of aliphatic hydroxyl groups is 1. The van der Waals surface area contributed by atoms with E-state index in [0.717, 1.165) is 44.3 Å². The predicted octanol–water partition coefficient (Wildman–Crippen LogP) is 2.58. The first-order valence-electron chi connectivity index (χ1n) is 8.94. The minimum absolute atomic E-state index is 0.0192. The molecule has 1 aromatic carbocycles. The Morgan fingerprint density at radius 1 is 1.21 bits per heavy atom. The Balaban J connectivity index is 1.78. The second kappa shape index (κ2) is 6.93. The fourth-order valence-electron chi connectivity index (χ4n) is 4.09. The van der Waals surface area contributed by atoms with Gasteiger partial charge in [-0.3, -0.25) is 9.59 Å². The van der Waals surface area contributed by atoms with Crippen LogP contribution < -0.4 is 4.90 Å². The Bertz CT molecular complexity index is 614. The molecule has 0 aromatic heterocycles. The largest absolute Gasteiger partial charge is 0.394 e. The van der Waals surface area contributed by atoms with Gasteiger partial charge in [0.25, 0.3) is 5.91 Å². The summed E-state index contributed by atoms with van der Waals surface area (Å²) in [5, 5.41) is 9.89. The molecule has 0 aliphatic carbocycles. The molecule has 2 aliphatic heterocycles. The summed E-state index contributed by atoms with van der Waals surface area (Å²) in [6.07, 6.45) is 5.07. The Kier molecular flexibility index (Phi) is 4.90. The van der Waals surface area contributed by atoms with Crippen LogP contribution in [0.5, 0.6) is 0 Å². The van der Waals surface area contributed by atoms with Gasteiger partial charge in [0.15, 0.2) is 0 Å². The third-order valence-corrected chi connectivity index (χ3v) is 5.35. The molecule has 24 heavy (non-hydrogen) atoms. The minimum atomic E-state index is -0.407.